The molecule has 10 heteroatoms. The Kier molecular flexibility index (Phi) is 7.56. The van der Waals surface area contributed by atoms with Crippen LogP contribution in [-0.2, 0) is 10.0 Å². The van der Waals surface area contributed by atoms with Crippen molar-refractivity contribution in [3.05, 3.63) is 48.0 Å². The Labute approximate surface area is 162 Å². The molecule has 0 aromatic heterocycles. The van der Waals surface area contributed by atoms with Crippen LogP contribution in [0.3, 0.4) is 0 Å². The Morgan fingerprint density at radius 1 is 1.07 bits per heavy atom. The van der Waals surface area contributed by atoms with E-state index in [1.807, 2.05) is 11.8 Å². The fraction of sp³-hybridized carbons (Fsp3) is 0.278. The zero-order valence-electron chi connectivity index (χ0n) is 15.3. The summed E-state index contributed by atoms with van der Waals surface area (Å²) in [5.74, 6) is 0.399. The van der Waals surface area contributed by atoms with Gasteiger partial charge in [0.05, 0.1) is 24.3 Å². The van der Waals surface area contributed by atoms with E-state index in [0.29, 0.717) is 12.4 Å². The molecule has 2 aromatic carbocycles. The summed E-state index contributed by atoms with van der Waals surface area (Å²) in [5, 5.41) is 3.64. The van der Waals surface area contributed by atoms with Crippen LogP contribution in [0.5, 0.6) is 17.2 Å². The summed E-state index contributed by atoms with van der Waals surface area (Å²) in [7, 11) is -3.94. The summed E-state index contributed by atoms with van der Waals surface area (Å²) in [6, 6.07) is 10.2. The quantitative estimate of drug-likeness (QED) is 0.476. The second-order valence-electron chi connectivity index (χ2n) is 5.24. The number of nitrogens with zero attached hydrogens (tertiary/aromatic N) is 1. The van der Waals surface area contributed by atoms with Crippen molar-refractivity contribution in [1.29, 1.82) is 0 Å². The summed E-state index contributed by atoms with van der Waals surface area (Å²) in [4.78, 5) is 2.00. The summed E-state index contributed by atoms with van der Waals surface area (Å²) >= 11 is 0. The molecule has 0 saturated heterocycles. The van der Waals surface area contributed by atoms with E-state index in [9.17, 15) is 17.2 Å². The number of nitrogens with one attached hydrogen (secondary N) is 1. The molecule has 0 aliphatic carbocycles. The summed E-state index contributed by atoms with van der Waals surface area (Å²) in [6.45, 7) is 1.13. The normalized spacial score (nSPS) is 11.6. The molecule has 0 fully saturated rings. The van der Waals surface area contributed by atoms with E-state index < -0.39 is 16.6 Å². The van der Waals surface area contributed by atoms with Crippen LogP contribution in [-0.4, -0.2) is 34.5 Å². The highest BCUT2D eigenvalue weighted by molar-refractivity contribution is 7.89. The topological polar surface area (TPSA) is 86.2 Å². The van der Waals surface area contributed by atoms with Gasteiger partial charge in [0.2, 0.25) is 0 Å². The molecular formula is C18H20F2N2O5S. The maximum Gasteiger partial charge on any atom is 0.387 e. The second-order valence-corrected chi connectivity index (χ2v) is 6.90. The Morgan fingerprint density at radius 2 is 1.75 bits per heavy atom. The van der Waals surface area contributed by atoms with Crippen molar-refractivity contribution in [3.8, 4) is 17.2 Å². The van der Waals surface area contributed by atoms with Crippen molar-refractivity contribution in [2.75, 3.05) is 13.2 Å². The first-order valence-electron chi connectivity index (χ1n) is 8.35. The lowest BCUT2D eigenvalue weighted by Crippen LogP contribution is -2.18. The van der Waals surface area contributed by atoms with Crippen LogP contribution >= 0.6 is 0 Å². The molecule has 0 saturated carbocycles. The van der Waals surface area contributed by atoms with Crippen LogP contribution in [0, 0.1) is 0 Å². The highest BCUT2D eigenvalue weighted by Crippen LogP contribution is 2.31. The highest BCUT2D eigenvalue weighted by Gasteiger charge is 2.16. The van der Waals surface area contributed by atoms with Crippen LogP contribution < -0.4 is 19.0 Å². The Bertz CT molecular complexity index is 903. The molecule has 0 amide bonds. The second kappa shape index (κ2) is 9.88. The number of para-hydroxylation sites is 1. The molecule has 2 aromatic rings. The number of benzene rings is 2. The molecule has 0 aliphatic rings. The van der Waals surface area contributed by atoms with Crippen molar-refractivity contribution < 1.29 is 31.4 Å². The van der Waals surface area contributed by atoms with Gasteiger partial charge in [-0.05, 0) is 50.2 Å². The number of hydrogen-bond donors (Lipinski definition) is 1. The third kappa shape index (κ3) is 5.81. The molecule has 0 unspecified atom stereocenters. The average Bonchev–Trinajstić information content (AvgIpc) is 2.64. The van der Waals surface area contributed by atoms with Gasteiger partial charge in [0.15, 0.2) is 11.5 Å². The lowest BCUT2D eigenvalue weighted by Gasteiger charge is -2.13. The molecule has 152 valence electrons. The number of hydrogen-bond acceptors (Lipinski definition) is 6. The zero-order valence-corrected chi connectivity index (χ0v) is 16.1. The minimum Gasteiger partial charge on any atom is -0.494 e. The average molecular weight is 414 g/mol. The number of sulfonamides is 1. The number of hydrazone groups is 1. The van der Waals surface area contributed by atoms with E-state index in [-0.39, 0.29) is 28.6 Å². The molecule has 0 spiro atoms. The van der Waals surface area contributed by atoms with Crippen LogP contribution in [0.25, 0.3) is 0 Å². The zero-order chi connectivity index (χ0) is 20.6. The lowest BCUT2D eigenvalue weighted by molar-refractivity contribution is -0.0515. The molecule has 0 aliphatic heterocycles. The highest BCUT2D eigenvalue weighted by atomic mass is 32.2. The molecule has 0 bridgehead atoms. The minimum atomic E-state index is -3.94. The molecule has 28 heavy (non-hydrogen) atoms. The van der Waals surface area contributed by atoms with Crippen molar-refractivity contribution >= 4 is 16.2 Å². The van der Waals surface area contributed by atoms with Crippen molar-refractivity contribution in [2.24, 2.45) is 5.10 Å². The van der Waals surface area contributed by atoms with Gasteiger partial charge in [-0.1, -0.05) is 6.07 Å². The number of halogens is 2. The molecule has 7 nitrogen and oxygen atoms in total. The third-order valence-corrected chi connectivity index (χ3v) is 4.58. The monoisotopic (exact) mass is 414 g/mol. The largest absolute Gasteiger partial charge is 0.494 e. The summed E-state index contributed by atoms with van der Waals surface area (Å²) in [6.07, 6.45) is 1.06. The standard InChI is InChI=1S/C18H20F2N2O5S/c1-3-25-14-8-10-15(11-9-14)28(23,24)22-21-12-13-6-5-7-16(26-4-2)17(13)27-18(19)20/h5-12,18,22H,3-4H2,1-2H3/b21-12-. The molecule has 0 heterocycles. The molecule has 0 radical (unpaired) electrons. The van der Waals surface area contributed by atoms with Crippen molar-refractivity contribution in [1.82, 2.24) is 4.83 Å². The van der Waals surface area contributed by atoms with E-state index in [1.54, 1.807) is 13.0 Å². The fourth-order valence-electron chi connectivity index (χ4n) is 2.22. The Morgan fingerprint density at radius 3 is 2.36 bits per heavy atom. The van der Waals surface area contributed by atoms with E-state index in [4.69, 9.17) is 9.47 Å². The van der Waals surface area contributed by atoms with E-state index in [2.05, 4.69) is 9.84 Å². The Balaban J connectivity index is 2.20. The van der Waals surface area contributed by atoms with Crippen LogP contribution in [0.4, 0.5) is 8.78 Å². The van der Waals surface area contributed by atoms with Gasteiger partial charge in [0, 0.05) is 5.56 Å². The molecular weight excluding hydrogens is 394 g/mol. The first-order valence-corrected chi connectivity index (χ1v) is 9.84. The van der Waals surface area contributed by atoms with Crippen molar-refractivity contribution in [3.63, 3.8) is 0 Å². The lowest BCUT2D eigenvalue weighted by atomic mass is 10.2. The Hall–Kier alpha value is -2.88. The smallest absolute Gasteiger partial charge is 0.387 e. The van der Waals surface area contributed by atoms with Crippen LogP contribution in [0.1, 0.15) is 19.4 Å². The SMILES string of the molecule is CCOc1ccc(S(=O)(=O)N/N=C\c2cccc(OCC)c2OC(F)F)cc1. The predicted molar refractivity (Wildman–Crippen MR) is 99.8 cm³/mol. The van der Waals surface area contributed by atoms with Crippen molar-refractivity contribution in [2.45, 2.75) is 25.4 Å². The van der Waals surface area contributed by atoms with Gasteiger partial charge in [-0.25, -0.2) is 4.83 Å². The molecule has 0 atom stereocenters. The van der Waals surface area contributed by atoms with Gasteiger partial charge in [0.1, 0.15) is 5.75 Å². The molecule has 2 rings (SSSR count). The van der Waals surface area contributed by atoms with Gasteiger partial charge in [-0.15, -0.1) is 0 Å². The third-order valence-electron chi connectivity index (χ3n) is 3.34. The first-order chi connectivity index (χ1) is 13.4. The fourth-order valence-corrected chi connectivity index (χ4v) is 3.01. The predicted octanol–water partition coefficient (Wildman–Crippen LogP) is 3.40. The van der Waals surface area contributed by atoms with E-state index in [0.717, 1.165) is 6.21 Å². The van der Waals surface area contributed by atoms with Gasteiger partial charge in [0.25, 0.3) is 10.0 Å². The first kappa shape index (κ1) is 21.4. The van der Waals surface area contributed by atoms with Crippen LogP contribution in [0.2, 0.25) is 0 Å². The van der Waals surface area contributed by atoms with Gasteiger partial charge >= 0.3 is 6.61 Å². The van der Waals surface area contributed by atoms with E-state index in [1.165, 1.54) is 36.4 Å². The van der Waals surface area contributed by atoms with Crippen LogP contribution in [0.15, 0.2) is 52.5 Å². The number of alkyl halides is 2. The summed E-state index contributed by atoms with van der Waals surface area (Å²) in [5.41, 5.74) is 0.126. The van der Waals surface area contributed by atoms with E-state index >= 15 is 0 Å². The number of rotatable bonds is 10. The van der Waals surface area contributed by atoms with Gasteiger partial charge in [-0.3, -0.25) is 0 Å². The van der Waals surface area contributed by atoms with Gasteiger partial charge in [-0.2, -0.15) is 22.3 Å². The maximum absolute atomic E-state index is 12.7. The molecule has 1 N–H and O–H groups in total. The number of ether oxygens (including phenoxy) is 3. The summed E-state index contributed by atoms with van der Waals surface area (Å²) < 4.78 is 65.0. The minimum absolute atomic E-state index is 0.0276. The maximum atomic E-state index is 12.7. The van der Waals surface area contributed by atoms with Gasteiger partial charge < -0.3 is 14.2 Å².